The number of aromatic amines is 1. The van der Waals surface area contributed by atoms with Crippen molar-refractivity contribution in [3.8, 4) is 0 Å². The Morgan fingerprint density at radius 3 is 2.65 bits per heavy atom. The average molecular weight is 370 g/mol. The lowest BCUT2D eigenvalue weighted by Gasteiger charge is -2.16. The van der Waals surface area contributed by atoms with Crippen LogP contribution in [0, 0.1) is 12.8 Å². The summed E-state index contributed by atoms with van der Waals surface area (Å²) in [7, 11) is 2.05. The molecule has 2 heterocycles. The van der Waals surface area contributed by atoms with Gasteiger partial charge in [0.1, 0.15) is 10.7 Å². The highest BCUT2D eigenvalue weighted by Gasteiger charge is 2.17. The predicted octanol–water partition coefficient (Wildman–Crippen LogP) is 4.51. The zero-order valence-electron chi connectivity index (χ0n) is 16.0. The van der Waals surface area contributed by atoms with E-state index in [1.807, 2.05) is 25.2 Å². The fraction of sp³-hybridized carbons (Fsp3) is 0.429. The fourth-order valence-electron chi connectivity index (χ4n) is 3.24. The van der Waals surface area contributed by atoms with Gasteiger partial charge in [-0.1, -0.05) is 50.6 Å². The first-order valence-corrected chi connectivity index (χ1v) is 10.0. The third-order valence-corrected chi connectivity index (χ3v) is 5.92. The van der Waals surface area contributed by atoms with Crippen molar-refractivity contribution in [1.82, 2.24) is 14.9 Å². The Hall–Kier alpha value is -1.98. The summed E-state index contributed by atoms with van der Waals surface area (Å²) in [6, 6.07) is 10.3. The first kappa shape index (κ1) is 18.8. The Labute approximate surface area is 158 Å². The molecule has 0 aliphatic rings. The molecule has 0 bridgehead atoms. The van der Waals surface area contributed by atoms with Gasteiger partial charge in [-0.25, -0.2) is 4.98 Å². The molecule has 0 fully saturated rings. The van der Waals surface area contributed by atoms with Crippen molar-refractivity contribution in [2.75, 3.05) is 7.05 Å². The van der Waals surface area contributed by atoms with Crippen molar-refractivity contribution in [3.63, 3.8) is 0 Å². The molecule has 0 saturated carbocycles. The van der Waals surface area contributed by atoms with Gasteiger partial charge in [0.05, 0.1) is 11.9 Å². The molecule has 0 saturated heterocycles. The number of H-pyrrole nitrogens is 1. The number of aryl methyl sites for hydroxylation is 1. The predicted molar refractivity (Wildman–Crippen MR) is 110 cm³/mol. The molecule has 26 heavy (non-hydrogen) atoms. The van der Waals surface area contributed by atoms with Crippen molar-refractivity contribution in [2.24, 2.45) is 5.92 Å². The normalized spacial score (nSPS) is 12.8. The van der Waals surface area contributed by atoms with Crippen molar-refractivity contribution >= 4 is 21.6 Å². The number of thiophene rings is 1. The molecule has 0 amide bonds. The van der Waals surface area contributed by atoms with E-state index in [0.29, 0.717) is 12.5 Å². The Kier molecular flexibility index (Phi) is 5.89. The van der Waals surface area contributed by atoms with Crippen molar-refractivity contribution in [1.29, 1.82) is 0 Å². The van der Waals surface area contributed by atoms with Crippen LogP contribution in [0.15, 0.2) is 35.1 Å². The molecule has 2 aromatic heterocycles. The van der Waals surface area contributed by atoms with Gasteiger partial charge in [-0.3, -0.25) is 9.69 Å². The molecule has 4 nitrogen and oxygen atoms in total. The summed E-state index contributed by atoms with van der Waals surface area (Å²) in [5, 5.41) is 0.794. The highest BCUT2D eigenvalue weighted by atomic mass is 32.1. The highest BCUT2D eigenvalue weighted by molar-refractivity contribution is 7.18. The molecule has 0 radical (unpaired) electrons. The first-order valence-electron chi connectivity index (χ1n) is 9.21. The molecule has 0 unspecified atom stereocenters. The van der Waals surface area contributed by atoms with Crippen LogP contribution in [-0.2, 0) is 19.5 Å². The lowest BCUT2D eigenvalue weighted by Crippen LogP contribution is -2.21. The van der Waals surface area contributed by atoms with Gasteiger partial charge in [-0.05, 0) is 37.4 Å². The average Bonchev–Trinajstić information content (AvgIpc) is 2.91. The largest absolute Gasteiger partial charge is 0.309 e. The maximum Gasteiger partial charge on any atom is 0.259 e. The van der Waals surface area contributed by atoms with Crippen LogP contribution in [0.4, 0.5) is 0 Å². The molecule has 3 aromatic rings. The van der Waals surface area contributed by atoms with Gasteiger partial charge >= 0.3 is 0 Å². The minimum Gasteiger partial charge on any atom is -0.309 e. The number of benzene rings is 1. The smallest absolute Gasteiger partial charge is 0.259 e. The molecular formula is C21H27N3OS. The van der Waals surface area contributed by atoms with Crippen LogP contribution in [0.2, 0.25) is 0 Å². The summed E-state index contributed by atoms with van der Waals surface area (Å²) in [6.07, 6.45) is 2.06. The maximum absolute atomic E-state index is 12.7. The fourth-order valence-corrected chi connectivity index (χ4v) is 4.31. The van der Waals surface area contributed by atoms with E-state index in [4.69, 9.17) is 4.98 Å². The number of fused-ring (bicyclic) bond motifs is 1. The van der Waals surface area contributed by atoms with Crippen LogP contribution in [0.3, 0.4) is 0 Å². The number of hydrogen-bond acceptors (Lipinski definition) is 4. The van der Waals surface area contributed by atoms with Crippen molar-refractivity contribution in [2.45, 2.75) is 46.7 Å². The van der Waals surface area contributed by atoms with Gasteiger partial charge in [0.15, 0.2) is 0 Å². The molecule has 1 N–H and O–H groups in total. The molecule has 138 valence electrons. The molecule has 1 atom stereocenters. The second-order valence-electron chi connectivity index (χ2n) is 7.21. The molecule has 5 heteroatoms. The highest BCUT2D eigenvalue weighted by Crippen LogP contribution is 2.29. The number of rotatable bonds is 7. The Morgan fingerprint density at radius 2 is 1.96 bits per heavy atom. The minimum absolute atomic E-state index is 0.000708. The van der Waals surface area contributed by atoms with Gasteiger partial charge in [0, 0.05) is 11.4 Å². The van der Waals surface area contributed by atoms with Crippen LogP contribution >= 0.6 is 11.3 Å². The van der Waals surface area contributed by atoms with E-state index in [1.165, 1.54) is 16.0 Å². The van der Waals surface area contributed by atoms with Gasteiger partial charge < -0.3 is 4.98 Å². The molecular weight excluding hydrogens is 342 g/mol. The van der Waals surface area contributed by atoms with E-state index >= 15 is 0 Å². The minimum atomic E-state index is 0.000708. The van der Waals surface area contributed by atoms with Gasteiger partial charge in [-0.2, -0.15) is 0 Å². The van der Waals surface area contributed by atoms with Crippen molar-refractivity contribution in [3.05, 3.63) is 62.5 Å². The zero-order chi connectivity index (χ0) is 18.7. The number of aromatic nitrogens is 2. The van der Waals surface area contributed by atoms with E-state index in [9.17, 15) is 4.79 Å². The van der Waals surface area contributed by atoms with Gasteiger partial charge in [0.2, 0.25) is 0 Å². The number of hydrogen-bond donors (Lipinski definition) is 1. The third-order valence-electron chi connectivity index (χ3n) is 4.88. The summed E-state index contributed by atoms with van der Waals surface area (Å²) in [5.74, 6) is 1.31. The second kappa shape index (κ2) is 8.14. The van der Waals surface area contributed by atoms with E-state index < -0.39 is 0 Å². The lowest BCUT2D eigenvalue weighted by atomic mass is 9.98. The summed E-state index contributed by atoms with van der Waals surface area (Å²) < 4.78 is 0. The zero-order valence-corrected chi connectivity index (χ0v) is 16.8. The topological polar surface area (TPSA) is 49.0 Å². The van der Waals surface area contributed by atoms with Crippen molar-refractivity contribution < 1.29 is 0 Å². The van der Waals surface area contributed by atoms with Crippen LogP contribution < -0.4 is 5.56 Å². The van der Waals surface area contributed by atoms with Crippen LogP contribution in [-0.4, -0.2) is 21.9 Å². The third kappa shape index (κ3) is 4.22. The van der Waals surface area contributed by atoms with E-state index in [-0.39, 0.29) is 5.56 Å². The summed E-state index contributed by atoms with van der Waals surface area (Å²) in [6.45, 7) is 7.98. The molecule has 0 spiro atoms. The summed E-state index contributed by atoms with van der Waals surface area (Å²) in [5.41, 5.74) is 2.43. The monoisotopic (exact) mass is 369 g/mol. The van der Waals surface area contributed by atoms with Crippen LogP contribution in [0.5, 0.6) is 0 Å². The van der Waals surface area contributed by atoms with Crippen LogP contribution in [0.1, 0.15) is 42.1 Å². The number of nitrogens with zero attached hydrogens (tertiary/aromatic N) is 2. The van der Waals surface area contributed by atoms with E-state index in [2.05, 4.69) is 42.8 Å². The van der Waals surface area contributed by atoms with Gasteiger partial charge in [-0.15, -0.1) is 11.3 Å². The summed E-state index contributed by atoms with van der Waals surface area (Å²) in [4.78, 5) is 24.8. The molecule has 1 aromatic carbocycles. The van der Waals surface area contributed by atoms with Gasteiger partial charge in [0.25, 0.3) is 5.56 Å². The number of nitrogens with one attached hydrogen (secondary N) is 1. The first-order chi connectivity index (χ1) is 12.5. The standard InChI is InChI=1S/C21H27N3OS/c1-5-14(2)11-17-15(3)26-21-19(17)20(25)22-18(23-21)13-24(4)12-16-9-7-6-8-10-16/h6-10,14H,5,11-13H2,1-4H3,(H,22,23,25)/t14-/m0/s1. The Balaban J connectivity index is 1.84. The van der Waals surface area contributed by atoms with E-state index in [0.717, 1.165) is 35.4 Å². The molecule has 3 rings (SSSR count). The molecule has 0 aliphatic heterocycles. The summed E-state index contributed by atoms with van der Waals surface area (Å²) >= 11 is 1.64. The Morgan fingerprint density at radius 1 is 1.23 bits per heavy atom. The quantitative estimate of drug-likeness (QED) is 0.666. The second-order valence-corrected chi connectivity index (χ2v) is 8.41. The maximum atomic E-state index is 12.7. The Bertz CT molecular complexity index is 930. The van der Waals surface area contributed by atoms with E-state index in [1.54, 1.807) is 11.3 Å². The lowest BCUT2D eigenvalue weighted by molar-refractivity contribution is 0.311. The van der Waals surface area contributed by atoms with Crippen LogP contribution in [0.25, 0.3) is 10.2 Å². The SMILES string of the molecule is CC[C@H](C)Cc1c(C)sc2nc(CN(C)Cc3ccccc3)[nH]c(=O)c12. The molecule has 0 aliphatic carbocycles.